The molecule has 0 aromatic heterocycles. The van der Waals surface area contributed by atoms with Crippen LogP contribution in [0.1, 0.15) is 50.7 Å². The summed E-state index contributed by atoms with van der Waals surface area (Å²) in [7, 11) is 0. The van der Waals surface area contributed by atoms with Crippen molar-refractivity contribution in [2.45, 2.75) is 76.5 Å². The third kappa shape index (κ3) is 9.08. The summed E-state index contributed by atoms with van der Waals surface area (Å²) in [5, 5.41) is 20.7. The summed E-state index contributed by atoms with van der Waals surface area (Å²) in [5.41, 5.74) is 7.76. The zero-order chi connectivity index (χ0) is 29.1. The SMILES string of the molecule is CC[C@H](C)[C@@H]1NC(=O)[C@H](Cc2ccccc2)NC(=O)[C@@H](CCCCNC(=O)[C@@H](N)Cc2ccc(O)cc2)NC1=O. The molecule has 3 rings (SSSR count). The molecule has 40 heavy (non-hydrogen) atoms. The van der Waals surface area contributed by atoms with E-state index in [4.69, 9.17) is 5.73 Å². The van der Waals surface area contributed by atoms with Crippen LogP contribution in [0.4, 0.5) is 0 Å². The number of amides is 4. The maximum Gasteiger partial charge on any atom is 0.243 e. The van der Waals surface area contributed by atoms with Crippen molar-refractivity contribution in [3.63, 3.8) is 0 Å². The highest BCUT2D eigenvalue weighted by atomic mass is 16.3. The lowest BCUT2D eigenvalue weighted by atomic mass is 9.97. The van der Waals surface area contributed by atoms with Crippen LogP contribution in [0.5, 0.6) is 5.75 Å². The summed E-state index contributed by atoms with van der Waals surface area (Å²) in [6, 6.07) is 12.9. The first-order chi connectivity index (χ1) is 19.2. The minimum Gasteiger partial charge on any atom is -0.508 e. The van der Waals surface area contributed by atoms with Gasteiger partial charge in [0.2, 0.25) is 23.6 Å². The number of nitrogens with two attached hydrogens (primary N) is 1. The van der Waals surface area contributed by atoms with Crippen LogP contribution >= 0.6 is 0 Å². The van der Waals surface area contributed by atoms with Crippen molar-refractivity contribution in [2.75, 3.05) is 6.54 Å². The zero-order valence-electron chi connectivity index (χ0n) is 23.2. The van der Waals surface area contributed by atoms with Crippen molar-refractivity contribution in [3.05, 3.63) is 65.7 Å². The molecule has 4 amide bonds. The van der Waals surface area contributed by atoms with Crippen LogP contribution in [0, 0.1) is 5.92 Å². The Balaban J connectivity index is 1.56. The number of carbonyl (C=O) groups is 4. The van der Waals surface area contributed by atoms with Gasteiger partial charge in [0.05, 0.1) is 6.04 Å². The van der Waals surface area contributed by atoms with E-state index in [9.17, 15) is 24.3 Å². The number of phenolic OH excluding ortho intramolecular Hbond substituents is 1. The van der Waals surface area contributed by atoms with E-state index < -0.39 is 30.1 Å². The van der Waals surface area contributed by atoms with E-state index in [-0.39, 0.29) is 29.4 Å². The number of hydrogen-bond donors (Lipinski definition) is 6. The molecule has 1 saturated heterocycles. The predicted octanol–water partition coefficient (Wildman–Crippen LogP) is 1.31. The Hall–Kier alpha value is -3.92. The van der Waals surface area contributed by atoms with Crippen LogP contribution in [-0.2, 0) is 32.0 Å². The normalized spacial score (nSPS) is 21.1. The Labute approximate surface area is 235 Å². The Bertz CT molecular complexity index is 1140. The lowest BCUT2D eigenvalue weighted by Gasteiger charge is -2.24. The van der Waals surface area contributed by atoms with Gasteiger partial charge in [-0.3, -0.25) is 19.2 Å². The Morgan fingerprint density at radius 1 is 0.900 bits per heavy atom. The van der Waals surface area contributed by atoms with Crippen LogP contribution in [0.25, 0.3) is 0 Å². The van der Waals surface area contributed by atoms with Crippen molar-refractivity contribution in [2.24, 2.45) is 11.7 Å². The van der Waals surface area contributed by atoms with Gasteiger partial charge in [0, 0.05) is 13.0 Å². The lowest BCUT2D eigenvalue weighted by molar-refractivity contribution is -0.131. The maximum absolute atomic E-state index is 13.2. The van der Waals surface area contributed by atoms with Crippen molar-refractivity contribution >= 4 is 23.6 Å². The molecule has 0 unspecified atom stereocenters. The van der Waals surface area contributed by atoms with Gasteiger partial charge in [-0.05, 0) is 54.9 Å². The number of hydrogen-bond acceptors (Lipinski definition) is 6. The molecule has 0 saturated carbocycles. The molecule has 10 heteroatoms. The average molecular weight is 552 g/mol. The number of phenols is 1. The van der Waals surface area contributed by atoms with Gasteiger partial charge in [-0.2, -0.15) is 0 Å². The largest absolute Gasteiger partial charge is 0.508 e. The average Bonchev–Trinajstić information content (AvgIpc) is 2.98. The number of rotatable bonds is 12. The Morgan fingerprint density at radius 3 is 2.23 bits per heavy atom. The highest BCUT2D eigenvalue weighted by Crippen LogP contribution is 2.14. The number of carbonyl (C=O) groups excluding carboxylic acids is 4. The first-order valence-corrected chi connectivity index (χ1v) is 13.9. The number of unbranched alkanes of at least 4 members (excludes halogenated alkanes) is 1. The molecule has 2 aromatic carbocycles. The summed E-state index contributed by atoms with van der Waals surface area (Å²) < 4.78 is 0. The van der Waals surface area contributed by atoms with Gasteiger partial charge in [-0.15, -0.1) is 0 Å². The van der Waals surface area contributed by atoms with E-state index in [0.717, 1.165) is 11.1 Å². The zero-order valence-corrected chi connectivity index (χ0v) is 23.2. The van der Waals surface area contributed by atoms with E-state index in [1.807, 2.05) is 44.2 Å². The molecule has 0 aliphatic carbocycles. The minimum absolute atomic E-state index is 0.115. The summed E-state index contributed by atoms with van der Waals surface area (Å²) in [6.45, 7) is 4.22. The van der Waals surface area contributed by atoms with Gasteiger partial charge in [0.25, 0.3) is 0 Å². The van der Waals surface area contributed by atoms with E-state index >= 15 is 0 Å². The summed E-state index contributed by atoms with van der Waals surface area (Å²) >= 11 is 0. The molecule has 0 spiro atoms. The van der Waals surface area contributed by atoms with E-state index in [2.05, 4.69) is 21.3 Å². The van der Waals surface area contributed by atoms with Crippen LogP contribution in [0.15, 0.2) is 54.6 Å². The molecule has 10 nitrogen and oxygen atoms in total. The fourth-order valence-electron chi connectivity index (χ4n) is 4.61. The molecule has 1 aliphatic heterocycles. The van der Waals surface area contributed by atoms with Crippen LogP contribution in [-0.4, -0.2) is 59.4 Å². The topological polar surface area (TPSA) is 163 Å². The molecule has 1 fully saturated rings. The first kappa shape index (κ1) is 30.6. The monoisotopic (exact) mass is 551 g/mol. The molecule has 5 atom stereocenters. The van der Waals surface area contributed by atoms with Crippen molar-refractivity contribution < 1.29 is 24.3 Å². The standard InChI is InChI=1S/C30H41N5O5/c1-3-19(2)26-30(40)33-24(28(38)34-25(29(39)35-26)18-20-9-5-4-6-10-20)11-7-8-16-32-27(37)23(31)17-21-12-14-22(36)15-13-21/h4-6,9-10,12-15,19,23-26,36H,3,7-8,11,16-18,31H2,1-2H3,(H,32,37)(H,33,40)(H,34,38)(H,35,39)/t19-,23-,24+,25-,26-/m0/s1. The second kappa shape index (κ2) is 15.0. The Kier molecular flexibility index (Phi) is 11.5. The minimum atomic E-state index is -0.814. The molecule has 1 heterocycles. The van der Waals surface area contributed by atoms with Crippen LogP contribution < -0.4 is 27.0 Å². The van der Waals surface area contributed by atoms with Gasteiger partial charge >= 0.3 is 0 Å². The second-order valence-corrected chi connectivity index (χ2v) is 10.4. The Morgan fingerprint density at radius 2 is 1.55 bits per heavy atom. The van der Waals surface area contributed by atoms with Crippen LogP contribution in [0.2, 0.25) is 0 Å². The number of aromatic hydroxyl groups is 1. The lowest BCUT2D eigenvalue weighted by Crippen LogP contribution is -2.53. The second-order valence-electron chi connectivity index (χ2n) is 10.4. The van der Waals surface area contributed by atoms with Gasteiger partial charge in [0.15, 0.2) is 0 Å². The van der Waals surface area contributed by atoms with Crippen LogP contribution in [0.3, 0.4) is 0 Å². The summed E-state index contributed by atoms with van der Waals surface area (Å²) in [5.74, 6) is -1.42. The summed E-state index contributed by atoms with van der Waals surface area (Å²) in [6.07, 6.45) is 2.83. The fourth-order valence-corrected chi connectivity index (χ4v) is 4.61. The van der Waals surface area contributed by atoms with Gasteiger partial charge in [0.1, 0.15) is 23.9 Å². The van der Waals surface area contributed by atoms with E-state index in [0.29, 0.717) is 45.1 Å². The quantitative estimate of drug-likeness (QED) is 0.218. The molecule has 2 aromatic rings. The summed E-state index contributed by atoms with van der Waals surface area (Å²) in [4.78, 5) is 51.9. The van der Waals surface area contributed by atoms with Crippen molar-refractivity contribution in [3.8, 4) is 5.75 Å². The molecule has 0 radical (unpaired) electrons. The molecular formula is C30H41N5O5. The van der Waals surface area contributed by atoms with Gasteiger partial charge < -0.3 is 32.1 Å². The molecule has 0 bridgehead atoms. The number of benzene rings is 2. The molecule has 1 aliphatic rings. The highest BCUT2D eigenvalue weighted by Gasteiger charge is 2.35. The predicted molar refractivity (Wildman–Crippen MR) is 152 cm³/mol. The first-order valence-electron chi connectivity index (χ1n) is 13.9. The van der Waals surface area contributed by atoms with E-state index in [1.54, 1.807) is 24.3 Å². The third-order valence-electron chi connectivity index (χ3n) is 7.29. The van der Waals surface area contributed by atoms with Gasteiger partial charge in [-0.1, -0.05) is 62.7 Å². The van der Waals surface area contributed by atoms with Gasteiger partial charge in [-0.25, -0.2) is 0 Å². The molecular weight excluding hydrogens is 510 g/mol. The fraction of sp³-hybridized carbons (Fsp3) is 0.467. The van der Waals surface area contributed by atoms with Crippen molar-refractivity contribution in [1.82, 2.24) is 21.3 Å². The smallest absolute Gasteiger partial charge is 0.243 e. The third-order valence-corrected chi connectivity index (χ3v) is 7.29. The maximum atomic E-state index is 13.2. The molecule has 216 valence electrons. The molecule has 7 N–H and O–H groups in total. The highest BCUT2D eigenvalue weighted by molar-refractivity contribution is 5.97. The van der Waals surface area contributed by atoms with Crippen molar-refractivity contribution in [1.29, 1.82) is 0 Å². The number of nitrogens with one attached hydrogen (secondary N) is 4. The van der Waals surface area contributed by atoms with E-state index in [1.165, 1.54) is 0 Å².